The van der Waals surface area contributed by atoms with E-state index in [9.17, 15) is 4.39 Å². The zero-order chi connectivity index (χ0) is 12.7. The molecule has 0 heterocycles. The highest BCUT2D eigenvalue weighted by atomic mass is 79.9. The molecule has 0 aliphatic rings. The van der Waals surface area contributed by atoms with E-state index >= 15 is 0 Å². The Morgan fingerprint density at radius 3 is 2.82 bits per heavy atom. The summed E-state index contributed by atoms with van der Waals surface area (Å²) in [6.45, 7) is 5.66. The highest BCUT2D eigenvalue weighted by molar-refractivity contribution is 9.10. The van der Waals surface area contributed by atoms with Crippen LogP contribution in [-0.4, -0.2) is 19.8 Å². The van der Waals surface area contributed by atoms with Crippen LogP contribution in [0.1, 0.15) is 19.4 Å². The summed E-state index contributed by atoms with van der Waals surface area (Å²) in [5.41, 5.74) is 1.05. The van der Waals surface area contributed by atoms with Crippen LogP contribution in [0.4, 0.5) is 4.39 Å². The van der Waals surface area contributed by atoms with E-state index in [1.165, 1.54) is 0 Å². The van der Waals surface area contributed by atoms with Crippen molar-refractivity contribution in [3.63, 3.8) is 0 Å². The highest BCUT2D eigenvalue weighted by Crippen LogP contribution is 2.23. The lowest BCUT2D eigenvalue weighted by Gasteiger charge is -2.13. The second kappa shape index (κ2) is 7.67. The van der Waals surface area contributed by atoms with Crippen LogP contribution in [0, 0.1) is 5.92 Å². The van der Waals surface area contributed by atoms with Crippen molar-refractivity contribution in [2.24, 2.45) is 5.92 Å². The molecule has 0 aromatic heterocycles. The molecule has 96 valence electrons. The first-order valence-electron chi connectivity index (χ1n) is 5.81. The second-order valence-electron chi connectivity index (χ2n) is 4.31. The molecule has 0 aliphatic carbocycles. The van der Waals surface area contributed by atoms with E-state index in [1.807, 2.05) is 18.2 Å². The largest absolute Gasteiger partial charge is 0.491 e. The number of rotatable bonds is 7. The topological polar surface area (TPSA) is 21.3 Å². The molecular weight excluding hydrogens is 285 g/mol. The minimum atomic E-state index is -0.463. The van der Waals surface area contributed by atoms with Crippen LogP contribution in [-0.2, 0) is 6.54 Å². The SMILES string of the molecule is CC(C)CNCc1cc(Br)ccc1OCCF. The maximum Gasteiger partial charge on any atom is 0.123 e. The number of hydrogen-bond donors (Lipinski definition) is 1. The summed E-state index contributed by atoms with van der Waals surface area (Å²) in [4.78, 5) is 0. The molecule has 0 saturated heterocycles. The van der Waals surface area contributed by atoms with Crippen LogP contribution in [0.2, 0.25) is 0 Å². The predicted octanol–water partition coefficient (Wildman–Crippen LogP) is 3.54. The summed E-state index contributed by atoms with van der Waals surface area (Å²) in [7, 11) is 0. The molecule has 0 saturated carbocycles. The van der Waals surface area contributed by atoms with Crippen molar-refractivity contribution in [2.45, 2.75) is 20.4 Å². The Hall–Kier alpha value is -0.610. The smallest absolute Gasteiger partial charge is 0.123 e. The maximum atomic E-state index is 12.1. The van der Waals surface area contributed by atoms with Gasteiger partial charge in [0.25, 0.3) is 0 Å². The monoisotopic (exact) mass is 303 g/mol. The first-order chi connectivity index (χ1) is 8.13. The van der Waals surface area contributed by atoms with Gasteiger partial charge in [0, 0.05) is 16.6 Å². The summed E-state index contributed by atoms with van der Waals surface area (Å²) in [5, 5.41) is 3.35. The van der Waals surface area contributed by atoms with Gasteiger partial charge in [-0.25, -0.2) is 4.39 Å². The van der Waals surface area contributed by atoms with E-state index in [4.69, 9.17) is 4.74 Å². The number of halogens is 2. The summed E-state index contributed by atoms with van der Waals surface area (Å²) in [6.07, 6.45) is 0. The van der Waals surface area contributed by atoms with Crippen molar-refractivity contribution in [3.05, 3.63) is 28.2 Å². The molecule has 0 unspecified atom stereocenters. The number of hydrogen-bond acceptors (Lipinski definition) is 2. The molecule has 4 heteroatoms. The Balaban J connectivity index is 2.62. The molecule has 2 nitrogen and oxygen atoms in total. The minimum Gasteiger partial charge on any atom is -0.491 e. The Bertz CT molecular complexity index is 344. The number of alkyl halides is 1. The van der Waals surface area contributed by atoms with E-state index in [-0.39, 0.29) is 6.61 Å². The zero-order valence-corrected chi connectivity index (χ0v) is 11.9. The quantitative estimate of drug-likeness (QED) is 0.832. The summed E-state index contributed by atoms with van der Waals surface area (Å²) in [6, 6.07) is 5.77. The van der Waals surface area contributed by atoms with Crippen molar-refractivity contribution in [2.75, 3.05) is 19.8 Å². The Morgan fingerprint density at radius 2 is 2.18 bits per heavy atom. The maximum absolute atomic E-state index is 12.1. The lowest BCUT2D eigenvalue weighted by Crippen LogP contribution is -2.19. The van der Waals surface area contributed by atoms with Gasteiger partial charge in [-0.3, -0.25) is 0 Å². The Kier molecular flexibility index (Phi) is 6.52. The zero-order valence-electron chi connectivity index (χ0n) is 10.3. The van der Waals surface area contributed by atoms with Gasteiger partial charge in [-0.1, -0.05) is 29.8 Å². The lowest BCUT2D eigenvalue weighted by molar-refractivity contribution is 0.270. The summed E-state index contributed by atoms with van der Waals surface area (Å²) >= 11 is 3.43. The van der Waals surface area contributed by atoms with E-state index in [2.05, 4.69) is 35.1 Å². The van der Waals surface area contributed by atoms with Gasteiger partial charge in [-0.2, -0.15) is 0 Å². The molecule has 1 aromatic rings. The molecule has 1 N–H and O–H groups in total. The molecule has 1 rings (SSSR count). The van der Waals surface area contributed by atoms with Crippen molar-refractivity contribution in [3.8, 4) is 5.75 Å². The third-order valence-electron chi connectivity index (χ3n) is 2.23. The molecular formula is C13H19BrFNO. The van der Waals surface area contributed by atoms with Crippen LogP contribution in [0.15, 0.2) is 22.7 Å². The molecule has 0 aliphatic heterocycles. The fourth-order valence-electron chi connectivity index (χ4n) is 1.47. The van der Waals surface area contributed by atoms with Crippen LogP contribution in [0.3, 0.4) is 0 Å². The molecule has 0 spiro atoms. The predicted molar refractivity (Wildman–Crippen MR) is 72.2 cm³/mol. The number of ether oxygens (including phenoxy) is 1. The van der Waals surface area contributed by atoms with Gasteiger partial charge in [0.15, 0.2) is 0 Å². The highest BCUT2D eigenvalue weighted by Gasteiger charge is 2.05. The minimum absolute atomic E-state index is 0.110. The second-order valence-corrected chi connectivity index (χ2v) is 5.23. The van der Waals surface area contributed by atoms with Gasteiger partial charge < -0.3 is 10.1 Å². The molecule has 0 radical (unpaired) electrons. The van der Waals surface area contributed by atoms with Crippen LogP contribution in [0.25, 0.3) is 0 Å². The van der Waals surface area contributed by atoms with E-state index in [1.54, 1.807) is 0 Å². The molecule has 0 fully saturated rings. The average molecular weight is 304 g/mol. The van der Waals surface area contributed by atoms with Gasteiger partial charge in [0.1, 0.15) is 19.0 Å². The Morgan fingerprint density at radius 1 is 1.41 bits per heavy atom. The van der Waals surface area contributed by atoms with Crippen LogP contribution >= 0.6 is 15.9 Å². The Labute approximate surface area is 111 Å². The van der Waals surface area contributed by atoms with Gasteiger partial charge in [-0.15, -0.1) is 0 Å². The van der Waals surface area contributed by atoms with Gasteiger partial charge in [-0.05, 0) is 30.7 Å². The molecule has 17 heavy (non-hydrogen) atoms. The lowest BCUT2D eigenvalue weighted by atomic mass is 10.2. The van der Waals surface area contributed by atoms with E-state index < -0.39 is 6.67 Å². The first-order valence-corrected chi connectivity index (χ1v) is 6.60. The van der Waals surface area contributed by atoms with Crippen molar-refractivity contribution in [1.29, 1.82) is 0 Å². The van der Waals surface area contributed by atoms with Gasteiger partial charge in [0.05, 0.1) is 0 Å². The van der Waals surface area contributed by atoms with Crippen molar-refractivity contribution in [1.82, 2.24) is 5.32 Å². The van der Waals surface area contributed by atoms with Crippen LogP contribution < -0.4 is 10.1 Å². The number of benzene rings is 1. The third-order valence-corrected chi connectivity index (χ3v) is 2.72. The average Bonchev–Trinajstić information content (AvgIpc) is 2.27. The van der Waals surface area contributed by atoms with Crippen molar-refractivity contribution < 1.29 is 9.13 Å². The molecule has 0 bridgehead atoms. The standard InChI is InChI=1S/C13H19BrFNO/c1-10(2)8-16-9-11-7-12(14)3-4-13(11)17-6-5-15/h3-4,7,10,16H,5-6,8-9H2,1-2H3. The summed E-state index contributed by atoms with van der Waals surface area (Å²) in [5.74, 6) is 1.36. The number of nitrogens with one attached hydrogen (secondary N) is 1. The normalized spacial score (nSPS) is 10.9. The third kappa shape index (κ3) is 5.50. The van der Waals surface area contributed by atoms with E-state index in [0.717, 1.165) is 28.9 Å². The first kappa shape index (κ1) is 14.5. The fraction of sp³-hybridized carbons (Fsp3) is 0.538. The van der Waals surface area contributed by atoms with E-state index in [0.29, 0.717) is 5.92 Å². The summed E-state index contributed by atoms with van der Waals surface area (Å²) < 4.78 is 18.5. The molecule has 0 atom stereocenters. The van der Waals surface area contributed by atoms with Crippen LogP contribution in [0.5, 0.6) is 5.75 Å². The van der Waals surface area contributed by atoms with Gasteiger partial charge >= 0.3 is 0 Å². The molecule has 0 amide bonds. The fourth-order valence-corrected chi connectivity index (χ4v) is 1.88. The molecule has 1 aromatic carbocycles. The van der Waals surface area contributed by atoms with Gasteiger partial charge in [0.2, 0.25) is 0 Å². The van der Waals surface area contributed by atoms with Crippen molar-refractivity contribution >= 4 is 15.9 Å².